The molecule has 0 bridgehead atoms. The monoisotopic (exact) mass is 321 g/mol. The highest BCUT2D eigenvalue weighted by molar-refractivity contribution is 6.31. The van der Waals surface area contributed by atoms with Gasteiger partial charge in [0.15, 0.2) is 6.61 Å². The second kappa shape index (κ2) is 6.66. The van der Waals surface area contributed by atoms with Crippen LogP contribution in [0.25, 0.3) is 0 Å². The van der Waals surface area contributed by atoms with Gasteiger partial charge in [-0.1, -0.05) is 17.7 Å². The standard InChI is InChI=1S/C16H16ClNO4/c1-9-7-12(11(3)22-9)16(20)21-8-15(19)18-14-6-4-5-13(17)10(14)2/h4-7H,8H2,1-3H3,(H,18,19). The van der Waals surface area contributed by atoms with E-state index in [1.54, 1.807) is 45.0 Å². The molecule has 2 aromatic rings. The Kier molecular flexibility index (Phi) is 4.88. The third-order valence-corrected chi connectivity index (χ3v) is 3.55. The molecule has 5 nitrogen and oxygen atoms in total. The number of benzene rings is 1. The van der Waals surface area contributed by atoms with Crippen molar-refractivity contribution in [2.45, 2.75) is 20.8 Å². The number of halogens is 1. The summed E-state index contributed by atoms with van der Waals surface area (Å²) < 4.78 is 10.2. The highest BCUT2D eigenvalue weighted by atomic mass is 35.5. The number of aryl methyl sites for hydroxylation is 2. The minimum absolute atomic E-state index is 0.323. The molecule has 0 aliphatic carbocycles. The molecule has 0 saturated heterocycles. The van der Waals surface area contributed by atoms with Crippen LogP contribution in [0.4, 0.5) is 5.69 Å². The van der Waals surface area contributed by atoms with Gasteiger partial charge in [0.1, 0.15) is 17.1 Å². The Labute approximate surface area is 133 Å². The van der Waals surface area contributed by atoms with Gasteiger partial charge in [-0.2, -0.15) is 0 Å². The van der Waals surface area contributed by atoms with E-state index in [0.717, 1.165) is 5.56 Å². The zero-order chi connectivity index (χ0) is 16.3. The van der Waals surface area contributed by atoms with Crippen LogP contribution in [-0.2, 0) is 9.53 Å². The first kappa shape index (κ1) is 16.1. The zero-order valence-corrected chi connectivity index (χ0v) is 13.3. The predicted molar refractivity (Wildman–Crippen MR) is 83.3 cm³/mol. The maximum absolute atomic E-state index is 11.9. The van der Waals surface area contributed by atoms with Crippen LogP contribution in [0.3, 0.4) is 0 Å². The van der Waals surface area contributed by atoms with E-state index in [-0.39, 0.29) is 6.61 Å². The highest BCUT2D eigenvalue weighted by Gasteiger charge is 2.16. The molecule has 1 N–H and O–H groups in total. The van der Waals surface area contributed by atoms with Crippen LogP contribution in [-0.4, -0.2) is 18.5 Å². The molecule has 0 spiro atoms. The molecular weight excluding hydrogens is 306 g/mol. The molecule has 1 aromatic carbocycles. The van der Waals surface area contributed by atoms with Crippen LogP contribution in [0.15, 0.2) is 28.7 Å². The Balaban J connectivity index is 1.94. The predicted octanol–water partition coefficient (Wildman–Crippen LogP) is 3.65. The molecule has 0 unspecified atom stereocenters. The van der Waals surface area contributed by atoms with Crippen molar-refractivity contribution in [2.24, 2.45) is 0 Å². The number of rotatable bonds is 4. The Morgan fingerprint density at radius 3 is 2.64 bits per heavy atom. The molecule has 1 amide bonds. The summed E-state index contributed by atoms with van der Waals surface area (Å²) in [6.07, 6.45) is 0. The first-order valence-electron chi connectivity index (χ1n) is 6.67. The molecule has 22 heavy (non-hydrogen) atoms. The number of carbonyl (C=O) groups excluding carboxylic acids is 2. The summed E-state index contributed by atoms with van der Waals surface area (Å²) >= 11 is 5.98. The smallest absolute Gasteiger partial charge is 0.342 e. The van der Waals surface area contributed by atoms with Crippen LogP contribution in [0.2, 0.25) is 5.02 Å². The van der Waals surface area contributed by atoms with E-state index in [0.29, 0.717) is 27.8 Å². The quantitative estimate of drug-likeness (QED) is 0.873. The summed E-state index contributed by atoms with van der Waals surface area (Å²) in [6.45, 7) is 4.81. The summed E-state index contributed by atoms with van der Waals surface area (Å²) in [5.41, 5.74) is 1.67. The van der Waals surface area contributed by atoms with E-state index >= 15 is 0 Å². The molecule has 0 aliphatic rings. The molecule has 0 fully saturated rings. The van der Waals surface area contributed by atoms with Crippen LogP contribution >= 0.6 is 11.6 Å². The van der Waals surface area contributed by atoms with Crippen molar-refractivity contribution in [1.29, 1.82) is 0 Å². The average molecular weight is 322 g/mol. The summed E-state index contributed by atoms with van der Waals surface area (Å²) in [7, 11) is 0. The maximum Gasteiger partial charge on any atom is 0.342 e. The zero-order valence-electron chi connectivity index (χ0n) is 12.5. The van der Waals surface area contributed by atoms with Crippen molar-refractivity contribution >= 4 is 29.2 Å². The van der Waals surface area contributed by atoms with Gasteiger partial charge in [0.25, 0.3) is 5.91 Å². The van der Waals surface area contributed by atoms with Crippen molar-refractivity contribution in [2.75, 3.05) is 11.9 Å². The topological polar surface area (TPSA) is 68.5 Å². The minimum atomic E-state index is -0.590. The van der Waals surface area contributed by atoms with Gasteiger partial charge in [-0.25, -0.2) is 4.79 Å². The molecular formula is C16H16ClNO4. The number of carbonyl (C=O) groups is 2. The number of esters is 1. The number of ether oxygens (including phenoxy) is 1. The lowest BCUT2D eigenvalue weighted by atomic mass is 10.2. The van der Waals surface area contributed by atoms with E-state index in [4.69, 9.17) is 20.8 Å². The van der Waals surface area contributed by atoms with Crippen LogP contribution in [0.5, 0.6) is 0 Å². The molecule has 0 aliphatic heterocycles. The third kappa shape index (κ3) is 3.68. The molecule has 0 saturated carbocycles. The lowest BCUT2D eigenvalue weighted by Crippen LogP contribution is -2.21. The van der Waals surface area contributed by atoms with E-state index in [9.17, 15) is 9.59 Å². The van der Waals surface area contributed by atoms with Gasteiger partial charge < -0.3 is 14.5 Å². The SMILES string of the molecule is Cc1cc(C(=O)OCC(=O)Nc2cccc(Cl)c2C)c(C)o1. The average Bonchev–Trinajstić information content (AvgIpc) is 2.80. The molecule has 0 radical (unpaired) electrons. The Hall–Kier alpha value is -2.27. The molecule has 1 aromatic heterocycles. The van der Waals surface area contributed by atoms with Gasteiger partial charge in [-0.3, -0.25) is 4.79 Å². The second-order valence-electron chi connectivity index (χ2n) is 4.86. The lowest BCUT2D eigenvalue weighted by molar-refractivity contribution is -0.119. The van der Waals surface area contributed by atoms with E-state index in [1.165, 1.54) is 0 Å². The van der Waals surface area contributed by atoms with Crippen molar-refractivity contribution < 1.29 is 18.7 Å². The van der Waals surface area contributed by atoms with Crippen molar-refractivity contribution in [3.8, 4) is 0 Å². The van der Waals surface area contributed by atoms with Crippen LogP contribution in [0.1, 0.15) is 27.4 Å². The minimum Gasteiger partial charge on any atom is -0.466 e. The number of nitrogens with one attached hydrogen (secondary N) is 1. The Morgan fingerprint density at radius 1 is 1.27 bits per heavy atom. The first-order valence-corrected chi connectivity index (χ1v) is 7.05. The molecule has 116 valence electrons. The van der Waals surface area contributed by atoms with Crippen LogP contribution < -0.4 is 5.32 Å². The van der Waals surface area contributed by atoms with E-state index in [2.05, 4.69) is 5.32 Å². The molecule has 0 atom stereocenters. The summed E-state index contributed by atoms with van der Waals surface area (Å²) in [4.78, 5) is 23.7. The fourth-order valence-corrected chi connectivity index (χ4v) is 2.15. The number of amides is 1. The third-order valence-electron chi connectivity index (χ3n) is 3.14. The van der Waals surface area contributed by atoms with Gasteiger partial charge >= 0.3 is 5.97 Å². The molecule has 1 heterocycles. The maximum atomic E-state index is 11.9. The van der Waals surface area contributed by atoms with Gasteiger partial charge in [0.2, 0.25) is 0 Å². The summed E-state index contributed by atoms with van der Waals surface area (Å²) in [5.74, 6) is 0.0564. The van der Waals surface area contributed by atoms with Crippen molar-refractivity contribution in [3.63, 3.8) is 0 Å². The summed E-state index contributed by atoms with van der Waals surface area (Å²) in [5, 5.41) is 3.21. The number of hydrogen-bond acceptors (Lipinski definition) is 4. The fraction of sp³-hybridized carbons (Fsp3) is 0.250. The van der Waals surface area contributed by atoms with Crippen LogP contribution in [0, 0.1) is 20.8 Å². The highest BCUT2D eigenvalue weighted by Crippen LogP contribution is 2.22. The van der Waals surface area contributed by atoms with Gasteiger partial charge in [0, 0.05) is 10.7 Å². The van der Waals surface area contributed by atoms with Crippen molar-refractivity contribution in [3.05, 3.63) is 51.9 Å². The van der Waals surface area contributed by atoms with E-state index in [1.807, 2.05) is 0 Å². The number of anilines is 1. The number of furan rings is 1. The lowest BCUT2D eigenvalue weighted by Gasteiger charge is -2.09. The Bertz CT molecular complexity index is 721. The normalized spacial score (nSPS) is 10.4. The molecule has 6 heteroatoms. The molecule has 2 rings (SSSR count). The van der Waals surface area contributed by atoms with Gasteiger partial charge in [-0.05, 0) is 44.5 Å². The van der Waals surface area contributed by atoms with Crippen molar-refractivity contribution in [1.82, 2.24) is 0 Å². The second-order valence-corrected chi connectivity index (χ2v) is 5.27. The number of hydrogen-bond donors (Lipinski definition) is 1. The largest absolute Gasteiger partial charge is 0.466 e. The van der Waals surface area contributed by atoms with Gasteiger partial charge in [0.05, 0.1) is 0 Å². The first-order chi connectivity index (χ1) is 10.4. The van der Waals surface area contributed by atoms with Gasteiger partial charge in [-0.15, -0.1) is 0 Å². The van der Waals surface area contributed by atoms with E-state index < -0.39 is 11.9 Å². The summed E-state index contributed by atoms with van der Waals surface area (Å²) in [6, 6.07) is 6.77. The Morgan fingerprint density at radius 2 is 2.00 bits per heavy atom. The fourth-order valence-electron chi connectivity index (χ4n) is 1.97.